The van der Waals surface area contributed by atoms with Crippen LogP contribution in [-0.4, -0.2) is 18.5 Å². The molecule has 0 radical (unpaired) electrons. The molecule has 3 aromatic carbocycles. The molecule has 1 fully saturated rings. The van der Waals surface area contributed by atoms with Gasteiger partial charge < -0.3 is 14.8 Å². The Kier molecular flexibility index (Phi) is 8.23. The first-order chi connectivity index (χ1) is 16.2. The molecule has 0 bridgehead atoms. The number of ketones is 1. The third-order valence-corrected chi connectivity index (χ3v) is 6.51. The summed E-state index contributed by atoms with van der Waals surface area (Å²) in [6.07, 6.45) is 2.47. The number of carbonyl (C=O) groups excluding carboxylic acids is 2. The number of halogens is 1. The zero-order chi connectivity index (χ0) is 24.3. The quantitative estimate of drug-likeness (QED) is 0.398. The van der Waals surface area contributed by atoms with Gasteiger partial charge in [-0.05, 0) is 60.7 Å². The molecule has 1 aliphatic heterocycles. The van der Waals surface area contributed by atoms with E-state index in [9.17, 15) is 9.59 Å². The van der Waals surface area contributed by atoms with Crippen LogP contribution in [0.25, 0.3) is 11.1 Å². The molecule has 5 nitrogen and oxygen atoms in total. The van der Waals surface area contributed by atoms with Gasteiger partial charge in [-0.2, -0.15) is 0 Å². The molecule has 0 spiro atoms. The second kappa shape index (κ2) is 11.0. The van der Waals surface area contributed by atoms with Crippen molar-refractivity contribution in [3.63, 3.8) is 0 Å². The number of para-hydroxylation sites is 2. The third kappa shape index (κ3) is 6.43. The monoisotopic (exact) mass is 495 g/mol. The largest absolute Gasteiger partial charge is 0.454 e. The molecule has 6 heteroatoms. The molecule has 1 N–H and O–H groups in total. The molecule has 1 aliphatic carbocycles. The van der Waals surface area contributed by atoms with Crippen LogP contribution >= 0.6 is 11.6 Å². The number of ether oxygens (including phenoxy) is 2. The number of fused-ring (bicyclic) bond motifs is 1. The summed E-state index contributed by atoms with van der Waals surface area (Å²) in [6.45, 7) is 5.90. The molecule has 0 atom stereocenters. The maximum absolute atomic E-state index is 12.4. The highest BCUT2D eigenvalue weighted by Crippen LogP contribution is 2.46. The Morgan fingerprint density at radius 3 is 2.23 bits per heavy atom. The van der Waals surface area contributed by atoms with Crippen LogP contribution < -0.4 is 14.8 Å². The topological polar surface area (TPSA) is 64.6 Å². The number of hydrogen-bond donors (Lipinski definition) is 1. The van der Waals surface area contributed by atoms with Gasteiger partial charge in [0.1, 0.15) is 5.78 Å². The summed E-state index contributed by atoms with van der Waals surface area (Å²) in [5, 5.41) is 3.31. The molecule has 0 aromatic heterocycles. The maximum Gasteiger partial charge on any atom is 0.231 e. The lowest BCUT2D eigenvalue weighted by Crippen LogP contribution is -2.14. The van der Waals surface area contributed by atoms with E-state index in [-0.39, 0.29) is 20.2 Å². The summed E-state index contributed by atoms with van der Waals surface area (Å²) in [6, 6.07) is 19.2. The lowest BCUT2D eigenvalue weighted by molar-refractivity contribution is -0.122. The van der Waals surface area contributed by atoms with Gasteiger partial charge in [-0.25, -0.2) is 0 Å². The molecule has 3 aromatic rings. The van der Waals surface area contributed by atoms with Crippen LogP contribution in [-0.2, 0) is 16.0 Å². The predicted molar refractivity (Wildman–Crippen MR) is 143 cm³/mol. The van der Waals surface area contributed by atoms with E-state index in [2.05, 4.69) is 11.4 Å². The van der Waals surface area contributed by atoms with Crippen LogP contribution in [0.3, 0.4) is 0 Å². The number of benzene rings is 3. The van der Waals surface area contributed by atoms with E-state index in [0.717, 1.165) is 46.6 Å². The van der Waals surface area contributed by atoms with Crippen LogP contribution in [0, 0.1) is 12.3 Å². The Balaban J connectivity index is 0.000000348. The number of Topliss-reactive ketones (excluding diaryl/α,β-unsaturated/α-hetero) is 1. The number of aryl methyl sites for hydroxylation is 1. The average molecular weight is 496 g/mol. The van der Waals surface area contributed by atoms with Crippen molar-refractivity contribution in [1.29, 1.82) is 0 Å². The molecule has 0 saturated heterocycles. The molecule has 5 rings (SSSR count). The van der Waals surface area contributed by atoms with Crippen LogP contribution in [0.2, 0.25) is 5.02 Å². The lowest BCUT2D eigenvalue weighted by atomic mass is 9.93. The fourth-order valence-electron chi connectivity index (χ4n) is 3.79. The van der Waals surface area contributed by atoms with Gasteiger partial charge in [-0.3, -0.25) is 9.59 Å². The van der Waals surface area contributed by atoms with Gasteiger partial charge in [0, 0.05) is 31.4 Å². The fraction of sp³-hybridized carbons (Fsp3) is 0.310. The SMILES string of the molecule is C.CC(=O)Nc1ccc(-c2cc(CC(=O)C3(C)CC3)ccc2C)c(Cl)c1.[HH].c1ccc2c(c1)OCO2. The molecule has 186 valence electrons. The summed E-state index contributed by atoms with van der Waals surface area (Å²) >= 11 is 6.44. The van der Waals surface area contributed by atoms with Gasteiger partial charge in [0.2, 0.25) is 12.7 Å². The molecule has 1 saturated carbocycles. The number of nitrogens with one attached hydrogen (secondary N) is 1. The summed E-state index contributed by atoms with van der Waals surface area (Å²) in [4.78, 5) is 23.6. The van der Waals surface area contributed by atoms with Crippen molar-refractivity contribution in [1.82, 2.24) is 0 Å². The minimum atomic E-state index is -0.130. The summed E-state index contributed by atoms with van der Waals surface area (Å²) in [5.74, 6) is 1.87. The van der Waals surface area contributed by atoms with Crippen molar-refractivity contribution >= 4 is 29.0 Å². The number of hydrogen-bond acceptors (Lipinski definition) is 4. The van der Waals surface area contributed by atoms with Crippen LogP contribution in [0.15, 0.2) is 60.7 Å². The van der Waals surface area contributed by atoms with Crippen molar-refractivity contribution < 1.29 is 20.5 Å². The van der Waals surface area contributed by atoms with E-state index in [0.29, 0.717) is 29.7 Å². The van der Waals surface area contributed by atoms with Gasteiger partial charge in [0.05, 0.1) is 5.02 Å². The average Bonchev–Trinajstić information content (AvgIpc) is 3.37. The third-order valence-electron chi connectivity index (χ3n) is 6.20. The first-order valence-electron chi connectivity index (χ1n) is 11.3. The van der Waals surface area contributed by atoms with Crippen molar-refractivity contribution in [2.75, 3.05) is 12.1 Å². The molecule has 2 aliphatic rings. The molecular weight excluding hydrogens is 462 g/mol. The molecule has 1 amide bonds. The van der Waals surface area contributed by atoms with Crippen LogP contribution in [0.5, 0.6) is 11.5 Å². The second-order valence-electron chi connectivity index (χ2n) is 9.04. The van der Waals surface area contributed by atoms with Crippen molar-refractivity contribution in [2.45, 2.75) is 47.5 Å². The minimum absolute atomic E-state index is 0. The van der Waals surface area contributed by atoms with Crippen LogP contribution in [0.1, 0.15) is 46.7 Å². The number of anilines is 1. The standard InChI is InChI=1S/C21H22ClNO2.C7H6O2.CH4.H2/c1-13-4-5-15(11-20(25)21(3)8-9-21)10-18(13)17-7-6-16(12-19(17)22)23-14(2)24;1-2-4-7-6(3-1)8-5-9-7;;/h4-7,10,12H,8-9,11H2,1-3H3,(H,23,24);1-4H,5H2;1H4;1H. The minimum Gasteiger partial charge on any atom is -0.454 e. The van der Waals surface area contributed by atoms with Crippen LogP contribution in [0.4, 0.5) is 5.69 Å². The Bertz CT molecular complexity index is 1220. The smallest absolute Gasteiger partial charge is 0.231 e. The highest BCUT2D eigenvalue weighted by Gasteiger charge is 2.43. The Morgan fingerprint density at radius 2 is 1.66 bits per heavy atom. The van der Waals surface area contributed by atoms with Gasteiger partial charge in [-0.1, -0.05) is 62.3 Å². The van der Waals surface area contributed by atoms with Crippen molar-refractivity contribution in [3.05, 3.63) is 76.8 Å². The summed E-state index contributed by atoms with van der Waals surface area (Å²) < 4.78 is 10.2. The zero-order valence-corrected chi connectivity index (χ0v) is 20.4. The highest BCUT2D eigenvalue weighted by atomic mass is 35.5. The molecule has 35 heavy (non-hydrogen) atoms. The summed E-state index contributed by atoms with van der Waals surface area (Å²) in [7, 11) is 0. The normalized spacial score (nSPS) is 14.2. The van der Waals surface area contributed by atoms with Crippen molar-refractivity contribution in [2.24, 2.45) is 5.41 Å². The first-order valence-corrected chi connectivity index (χ1v) is 11.7. The van der Waals surface area contributed by atoms with E-state index in [4.69, 9.17) is 21.1 Å². The number of carbonyl (C=O) groups is 2. The van der Waals surface area contributed by atoms with Gasteiger partial charge in [0.25, 0.3) is 0 Å². The Labute approximate surface area is 213 Å². The lowest BCUT2D eigenvalue weighted by Gasteiger charge is -2.13. The van der Waals surface area contributed by atoms with Gasteiger partial charge in [0.15, 0.2) is 11.5 Å². The first kappa shape index (κ1) is 26.3. The Hall–Kier alpha value is -3.31. The second-order valence-corrected chi connectivity index (χ2v) is 9.45. The van der Waals surface area contributed by atoms with Crippen molar-refractivity contribution in [3.8, 4) is 22.6 Å². The molecule has 1 heterocycles. The fourth-order valence-corrected chi connectivity index (χ4v) is 4.08. The van der Waals surface area contributed by atoms with E-state index >= 15 is 0 Å². The van der Waals surface area contributed by atoms with E-state index in [1.807, 2.05) is 62.4 Å². The van der Waals surface area contributed by atoms with E-state index < -0.39 is 0 Å². The molecule has 0 unspecified atom stereocenters. The number of rotatable bonds is 5. The van der Waals surface area contributed by atoms with E-state index in [1.54, 1.807) is 6.07 Å². The number of amides is 1. The predicted octanol–water partition coefficient (Wildman–Crippen LogP) is 7.48. The summed E-state index contributed by atoms with van der Waals surface area (Å²) in [5.41, 5.74) is 4.60. The zero-order valence-electron chi connectivity index (χ0n) is 19.6. The van der Waals surface area contributed by atoms with Gasteiger partial charge in [-0.15, -0.1) is 0 Å². The van der Waals surface area contributed by atoms with Gasteiger partial charge >= 0.3 is 0 Å². The Morgan fingerprint density at radius 1 is 1.00 bits per heavy atom. The maximum atomic E-state index is 12.4. The molecular formula is C29H34ClNO4. The highest BCUT2D eigenvalue weighted by molar-refractivity contribution is 6.33. The van der Waals surface area contributed by atoms with E-state index in [1.165, 1.54) is 6.92 Å².